The third-order valence-electron chi connectivity index (χ3n) is 2.44. The van der Waals surface area contributed by atoms with Gasteiger partial charge in [-0.1, -0.05) is 41.3 Å². The molecule has 0 aliphatic rings. The van der Waals surface area contributed by atoms with E-state index in [-0.39, 0.29) is 23.3 Å². The van der Waals surface area contributed by atoms with Crippen molar-refractivity contribution in [3.8, 4) is 0 Å². The Morgan fingerprint density at radius 2 is 2.16 bits per heavy atom. The summed E-state index contributed by atoms with van der Waals surface area (Å²) in [6, 6.07) is 4.84. The zero-order chi connectivity index (χ0) is 14.4. The summed E-state index contributed by atoms with van der Waals surface area (Å²) in [5.41, 5.74) is 5.73. The molecule has 1 aromatic rings. The second-order valence-electron chi connectivity index (χ2n) is 3.92. The van der Waals surface area contributed by atoms with E-state index in [1.807, 2.05) is 6.92 Å². The fourth-order valence-corrected chi connectivity index (χ4v) is 1.97. The van der Waals surface area contributed by atoms with Crippen LogP contribution in [0.3, 0.4) is 0 Å². The molecule has 0 saturated carbocycles. The zero-order valence-corrected chi connectivity index (χ0v) is 11.9. The first-order chi connectivity index (χ1) is 9.01. The zero-order valence-electron chi connectivity index (χ0n) is 10.4. The van der Waals surface area contributed by atoms with Gasteiger partial charge in [-0.3, -0.25) is 4.79 Å². The van der Waals surface area contributed by atoms with E-state index in [2.05, 4.69) is 5.16 Å². The van der Waals surface area contributed by atoms with Crippen molar-refractivity contribution in [3.63, 3.8) is 0 Å². The smallest absolute Gasteiger partial charge is 0.255 e. The van der Waals surface area contributed by atoms with Crippen LogP contribution in [0.15, 0.2) is 23.4 Å². The molecule has 0 fully saturated rings. The second-order valence-corrected chi connectivity index (χ2v) is 4.70. The summed E-state index contributed by atoms with van der Waals surface area (Å²) < 4.78 is 0. The number of amides is 1. The largest absolute Gasteiger partial charge is 0.409 e. The van der Waals surface area contributed by atoms with Crippen LogP contribution in [0, 0.1) is 0 Å². The van der Waals surface area contributed by atoms with Gasteiger partial charge in [-0.05, 0) is 18.6 Å². The number of benzene rings is 1. The summed E-state index contributed by atoms with van der Waals surface area (Å²) in [7, 11) is 0. The highest BCUT2D eigenvalue weighted by Gasteiger charge is 2.20. The van der Waals surface area contributed by atoms with Gasteiger partial charge < -0.3 is 15.8 Å². The van der Waals surface area contributed by atoms with Gasteiger partial charge in [-0.2, -0.15) is 0 Å². The van der Waals surface area contributed by atoms with Gasteiger partial charge in [0.1, 0.15) is 0 Å². The quantitative estimate of drug-likeness (QED) is 0.380. The van der Waals surface area contributed by atoms with Gasteiger partial charge in [0.05, 0.1) is 22.2 Å². The van der Waals surface area contributed by atoms with Crippen LogP contribution in [0.4, 0.5) is 0 Å². The van der Waals surface area contributed by atoms with Gasteiger partial charge in [0.25, 0.3) is 5.91 Å². The Bertz CT molecular complexity index is 492. The summed E-state index contributed by atoms with van der Waals surface area (Å²) in [4.78, 5) is 13.8. The fraction of sp³-hybridized carbons (Fsp3) is 0.333. The Kier molecular flexibility index (Phi) is 5.92. The Labute approximate surface area is 121 Å². The number of carbonyl (C=O) groups is 1. The lowest BCUT2D eigenvalue weighted by molar-refractivity contribution is 0.0778. The number of halogens is 2. The summed E-state index contributed by atoms with van der Waals surface area (Å²) in [6.45, 7) is 2.43. The molecule has 1 aromatic carbocycles. The number of nitrogens with zero attached hydrogens (tertiary/aromatic N) is 2. The average Bonchev–Trinajstić information content (AvgIpc) is 2.40. The highest BCUT2D eigenvalue weighted by atomic mass is 35.5. The van der Waals surface area contributed by atoms with Crippen molar-refractivity contribution in [2.45, 2.75) is 13.3 Å². The molecule has 19 heavy (non-hydrogen) atoms. The molecule has 7 heteroatoms. The Balaban J connectivity index is 3.02. The predicted octanol–water partition coefficient (Wildman–Crippen LogP) is 2.59. The van der Waals surface area contributed by atoms with Crippen LogP contribution in [-0.2, 0) is 0 Å². The number of oxime groups is 1. The SMILES string of the molecule is CCCN(CC(N)=NO)C(=O)c1cccc(Cl)c1Cl. The number of hydrogen-bond donors (Lipinski definition) is 2. The Hall–Kier alpha value is -1.46. The standard InChI is InChI=1S/C12H15Cl2N3O2/c1-2-6-17(7-10(15)16-19)12(18)8-4-3-5-9(13)11(8)14/h3-5,19H,2,6-7H2,1H3,(H2,15,16). The van der Waals surface area contributed by atoms with E-state index in [0.29, 0.717) is 17.1 Å². The lowest BCUT2D eigenvalue weighted by atomic mass is 10.2. The van der Waals surface area contributed by atoms with E-state index >= 15 is 0 Å². The van der Waals surface area contributed by atoms with Crippen molar-refractivity contribution < 1.29 is 10.0 Å². The molecule has 0 saturated heterocycles. The van der Waals surface area contributed by atoms with E-state index in [0.717, 1.165) is 6.42 Å². The number of carbonyl (C=O) groups excluding carboxylic acids is 1. The third kappa shape index (κ3) is 4.01. The van der Waals surface area contributed by atoms with Gasteiger partial charge in [0.2, 0.25) is 0 Å². The van der Waals surface area contributed by atoms with E-state index in [4.69, 9.17) is 34.1 Å². The molecule has 0 bridgehead atoms. The molecule has 1 rings (SSSR count). The van der Waals surface area contributed by atoms with Crippen molar-refractivity contribution in [3.05, 3.63) is 33.8 Å². The Morgan fingerprint density at radius 3 is 2.74 bits per heavy atom. The fourth-order valence-electron chi connectivity index (χ4n) is 1.59. The molecule has 104 valence electrons. The van der Waals surface area contributed by atoms with Crippen LogP contribution in [0.25, 0.3) is 0 Å². The average molecular weight is 304 g/mol. The summed E-state index contributed by atoms with van der Waals surface area (Å²) >= 11 is 11.9. The number of hydrogen-bond acceptors (Lipinski definition) is 3. The van der Waals surface area contributed by atoms with Crippen molar-refractivity contribution in [2.75, 3.05) is 13.1 Å². The van der Waals surface area contributed by atoms with Crippen LogP contribution in [0.1, 0.15) is 23.7 Å². The van der Waals surface area contributed by atoms with Crippen LogP contribution in [0.5, 0.6) is 0 Å². The molecule has 0 heterocycles. The minimum atomic E-state index is -0.305. The lowest BCUT2D eigenvalue weighted by Gasteiger charge is -2.22. The van der Waals surface area contributed by atoms with Gasteiger partial charge in [-0.25, -0.2) is 0 Å². The third-order valence-corrected chi connectivity index (χ3v) is 3.26. The maximum absolute atomic E-state index is 12.3. The van der Waals surface area contributed by atoms with E-state index in [9.17, 15) is 4.79 Å². The number of amidine groups is 1. The van der Waals surface area contributed by atoms with Crippen molar-refractivity contribution in [1.82, 2.24) is 4.90 Å². The molecule has 5 nitrogen and oxygen atoms in total. The molecule has 0 aliphatic carbocycles. The molecule has 1 amide bonds. The topological polar surface area (TPSA) is 78.9 Å². The monoisotopic (exact) mass is 303 g/mol. The molecule has 0 unspecified atom stereocenters. The minimum Gasteiger partial charge on any atom is -0.409 e. The molecule has 0 aromatic heterocycles. The molecule has 0 atom stereocenters. The highest BCUT2D eigenvalue weighted by molar-refractivity contribution is 6.43. The van der Waals surface area contributed by atoms with Crippen LogP contribution in [-0.4, -0.2) is 34.9 Å². The molecule has 0 radical (unpaired) electrons. The number of nitrogens with two attached hydrogens (primary N) is 1. The summed E-state index contributed by atoms with van der Waals surface area (Å²) in [5.74, 6) is -0.346. The van der Waals surface area contributed by atoms with Gasteiger partial charge >= 0.3 is 0 Å². The first-order valence-electron chi connectivity index (χ1n) is 5.71. The van der Waals surface area contributed by atoms with Crippen LogP contribution in [0.2, 0.25) is 10.0 Å². The van der Waals surface area contributed by atoms with Crippen LogP contribution >= 0.6 is 23.2 Å². The highest BCUT2D eigenvalue weighted by Crippen LogP contribution is 2.26. The number of rotatable bonds is 5. The maximum Gasteiger partial charge on any atom is 0.255 e. The van der Waals surface area contributed by atoms with Gasteiger partial charge in [0.15, 0.2) is 5.84 Å². The molecule has 0 aliphatic heterocycles. The second kappa shape index (κ2) is 7.21. The van der Waals surface area contributed by atoms with E-state index < -0.39 is 0 Å². The van der Waals surface area contributed by atoms with Gasteiger partial charge in [-0.15, -0.1) is 0 Å². The van der Waals surface area contributed by atoms with E-state index in [1.165, 1.54) is 4.90 Å². The van der Waals surface area contributed by atoms with E-state index in [1.54, 1.807) is 18.2 Å². The maximum atomic E-state index is 12.3. The first kappa shape index (κ1) is 15.6. The van der Waals surface area contributed by atoms with Crippen molar-refractivity contribution in [2.24, 2.45) is 10.9 Å². The Morgan fingerprint density at radius 1 is 1.47 bits per heavy atom. The van der Waals surface area contributed by atoms with Crippen LogP contribution < -0.4 is 5.73 Å². The van der Waals surface area contributed by atoms with Gasteiger partial charge in [0, 0.05) is 6.54 Å². The molecular weight excluding hydrogens is 289 g/mol. The minimum absolute atomic E-state index is 0.0337. The molecular formula is C12H15Cl2N3O2. The molecule has 3 N–H and O–H groups in total. The lowest BCUT2D eigenvalue weighted by Crippen LogP contribution is -2.39. The summed E-state index contributed by atoms with van der Waals surface area (Å²) in [5, 5.41) is 12.0. The van der Waals surface area contributed by atoms with Crippen molar-refractivity contribution >= 4 is 34.9 Å². The first-order valence-corrected chi connectivity index (χ1v) is 6.46. The predicted molar refractivity (Wildman–Crippen MR) is 76.1 cm³/mol. The summed E-state index contributed by atoms with van der Waals surface area (Å²) in [6.07, 6.45) is 0.739. The molecule has 0 spiro atoms. The van der Waals surface area contributed by atoms with Crippen molar-refractivity contribution in [1.29, 1.82) is 0 Å². The normalized spacial score (nSPS) is 11.4.